The highest BCUT2D eigenvalue weighted by molar-refractivity contribution is 7.99. The SMILES string of the molecule is COCCNCc1ccccc1SCCO. The second kappa shape index (κ2) is 8.58. The van der Waals surface area contributed by atoms with Crippen LogP contribution in [0.4, 0.5) is 0 Å². The van der Waals surface area contributed by atoms with Crippen molar-refractivity contribution in [3.8, 4) is 0 Å². The van der Waals surface area contributed by atoms with Crippen LogP contribution in [0.5, 0.6) is 0 Å². The van der Waals surface area contributed by atoms with Crippen molar-refractivity contribution in [2.75, 3.05) is 32.6 Å². The normalized spacial score (nSPS) is 10.6. The van der Waals surface area contributed by atoms with Crippen molar-refractivity contribution in [2.24, 2.45) is 0 Å². The maximum atomic E-state index is 8.81. The number of ether oxygens (including phenoxy) is 1. The van der Waals surface area contributed by atoms with Gasteiger partial charge in [0.05, 0.1) is 13.2 Å². The van der Waals surface area contributed by atoms with Crippen LogP contribution in [0.2, 0.25) is 0 Å². The Hall–Kier alpha value is -0.550. The fourth-order valence-electron chi connectivity index (χ4n) is 1.34. The molecule has 2 N–H and O–H groups in total. The Balaban J connectivity index is 2.43. The average Bonchev–Trinajstić information content (AvgIpc) is 2.33. The van der Waals surface area contributed by atoms with Crippen LogP contribution in [0, 0.1) is 0 Å². The van der Waals surface area contributed by atoms with Crippen LogP contribution < -0.4 is 5.32 Å². The Labute approximate surface area is 101 Å². The van der Waals surface area contributed by atoms with Gasteiger partial charge in [0.15, 0.2) is 0 Å². The van der Waals surface area contributed by atoms with E-state index in [0.717, 1.165) is 25.4 Å². The van der Waals surface area contributed by atoms with Crippen molar-refractivity contribution in [3.63, 3.8) is 0 Å². The van der Waals surface area contributed by atoms with Gasteiger partial charge < -0.3 is 15.2 Å². The summed E-state index contributed by atoms with van der Waals surface area (Å²) in [6.45, 7) is 2.65. The molecule has 4 heteroatoms. The predicted molar refractivity (Wildman–Crippen MR) is 67.8 cm³/mol. The Bertz CT molecular complexity index is 294. The monoisotopic (exact) mass is 241 g/mol. The number of aliphatic hydroxyl groups is 1. The lowest BCUT2D eigenvalue weighted by Gasteiger charge is -2.09. The molecule has 0 aliphatic carbocycles. The van der Waals surface area contributed by atoms with Gasteiger partial charge in [0, 0.05) is 30.8 Å². The molecule has 0 unspecified atom stereocenters. The smallest absolute Gasteiger partial charge is 0.0587 e. The van der Waals surface area contributed by atoms with E-state index in [2.05, 4.69) is 17.4 Å². The van der Waals surface area contributed by atoms with E-state index in [4.69, 9.17) is 9.84 Å². The van der Waals surface area contributed by atoms with Crippen LogP contribution in [0.1, 0.15) is 5.56 Å². The lowest BCUT2D eigenvalue weighted by atomic mass is 10.2. The molecule has 0 saturated heterocycles. The second-order valence-electron chi connectivity index (χ2n) is 3.35. The lowest BCUT2D eigenvalue weighted by molar-refractivity contribution is 0.199. The molecule has 0 heterocycles. The van der Waals surface area contributed by atoms with E-state index in [1.807, 2.05) is 12.1 Å². The van der Waals surface area contributed by atoms with Crippen molar-refractivity contribution >= 4 is 11.8 Å². The highest BCUT2D eigenvalue weighted by Crippen LogP contribution is 2.21. The molecule has 90 valence electrons. The summed E-state index contributed by atoms with van der Waals surface area (Å²) in [6, 6.07) is 8.27. The van der Waals surface area contributed by atoms with E-state index >= 15 is 0 Å². The zero-order chi connectivity index (χ0) is 11.6. The number of benzene rings is 1. The fourth-order valence-corrected chi connectivity index (χ4v) is 2.16. The van der Waals surface area contributed by atoms with Crippen molar-refractivity contribution in [1.82, 2.24) is 5.32 Å². The molecule has 0 radical (unpaired) electrons. The van der Waals surface area contributed by atoms with E-state index in [1.165, 1.54) is 10.5 Å². The number of thioether (sulfide) groups is 1. The van der Waals surface area contributed by atoms with Gasteiger partial charge in [0.25, 0.3) is 0 Å². The van der Waals surface area contributed by atoms with Crippen LogP contribution in [-0.2, 0) is 11.3 Å². The first kappa shape index (κ1) is 13.5. The molecule has 0 fully saturated rings. The number of hydrogen-bond acceptors (Lipinski definition) is 4. The number of nitrogens with one attached hydrogen (secondary N) is 1. The number of rotatable bonds is 8. The maximum Gasteiger partial charge on any atom is 0.0587 e. The molecule has 0 aliphatic rings. The maximum absolute atomic E-state index is 8.81. The summed E-state index contributed by atoms with van der Waals surface area (Å²) in [5.74, 6) is 0.745. The van der Waals surface area contributed by atoms with Crippen LogP contribution in [0.3, 0.4) is 0 Å². The molecule has 0 saturated carbocycles. The van der Waals surface area contributed by atoms with Gasteiger partial charge >= 0.3 is 0 Å². The quantitative estimate of drug-likeness (QED) is 0.535. The first-order valence-corrected chi connectivity index (χ1v) is 6.38. The number of methoxy groups -OCH3 is 1. The van der Waals surface area contributed by atoms with Gasteiger partial charge in [0.1, 0.15) is 0 Å². The van der Waals surface area contributed by atoms with Gasteiger partial charge in [-0.1, -0.05) is 18.2 Å². The zero-order valence-electron chi connectivity index (χ0n) is 9.61. The third-order valence-corrected chi connectivity index (χ3v) is 3.22. The molecule has 1 aromatic rings. The molecule has 0 amide bonds. The highest BCUT2D eigenvalue weighted by atomic mass is 32.2. The second-order valence-corrected chi connectivity index (χ2v) is 4.49. The summed E-state index contributed by atoms with van der Waals surface area (Å²) in [4.78, 5) is 1.24. The first-order chi connectivity index (χ1) is 7.88. The minimum atomic E-state index is 0.218. The predicted octanol–water partition coefficient (Wildman–Crippen LogP) is 1.51. The molecule has 3 nitrogen and oxygen atoms in total. The molecule has 0 aliphatic heterocycles. The fraction of sp³-hybridized carbons (Fsp3) is 0.500. The van der Waals surface area contributed by atoms with E-state index in [9.17, 15) is 0 Å². The standard InChI is InChI=1S/C12H19NO2S/c1-15-8-6-13-10-11-4-2-3-5-12(11)16-9-7-14/h2-5,13-14H,6-10H2,1H3. The third kappa shape index (κ3) is 4.99. The summed E-state index contributed by atoms with van der Waals surface area (Å²) in [6.07, 6.45) is 0. The summed E-state index contributed by atoms with van der Waals surface area (Å²) >= 11 is 1.69. The minimum Gasteiger partial charge on any atom is -0.396 e. The molecule has 1 aromatic carbocycles. The summed E-state index contributed by atoms with van der Waals surface area (Å²) < 4.78 is 4.97. The molecule has 0 atom stereocenters. The van der Waals surface area contributed by atoms with E-state index < -0.39 is 0 Å². The van der Waals surface area contributed by atoms with Crippen LogP contribution in [0.25, 0.3) is 0 Å². The topological polar surface area (TPSA) is 41.5 Å². The number of aliphatic hydroxyl groups excluding tert-OH is 1. The molecular weight excluding hydrogens is 222 g/mol. The minimum absolute atomic E-state index is 0.218. The molecule has 16 heavy (non-hydrogen) atoms. The molecule has 0 spiro atoms. The lowest BCUT2D eigenvalue weighted by Crippen LogP contribution is -2.18. The zero-order valence-corrected chi connectivity index (χ0v) is 10.4. The highest BCUT2D eigenvalue weighted by Gasteiger charge is 2.01. The van der Waals surface area contributed by atoms with Crippen molar-refractivity contribution in [3.05, 3.63) is 29.8 Å². The molecule has 1 rings (SSSR count). The molecule has 0 aromatic heterocycles. The summed E-state index contributed by atoms with van der Waals surface area (Å²) in [5.41, 5.74) is 1.28. The molecular formula is C12H19NO2S. The largest absolute Gasteiger partial charge is 0.396 e. The van der Waals surface area contributed by atoms with Crippen LogP contribution in [0.15, 0.2) is 29.2 Å². The Morgan fingerprint density at radius 1 is 1.38 bits per heavy atom. The van der Waals surface area contributed by atoms with Gasteiger partial charge in [-0.15, -0.1) is 11.8 Å². The summed E-state index contributed by atoms with van der Waals surface area (Å²) in [7, 11) is 1.70. The van der Waals surface area contributed by atoms with E-state index in [1.54, 1.807) is 18.9 Å². The van der Waals surface area contributed by atoms with E-state index in [0.29, 0.717) is 0 Å². The Morgan fingerprint density at radius 3 is 2.94 bits per heavy atom. The van der Waals surface area contributed by atoms with E-state index in [-0.39, 0.29) is 6.61 Å². The van der Waals surface area contributed by atoms with Crippen molar-refractivity contribution in [2.45, 2.75) is 11.4 Å². The Kier molecular flexibility index (Phi) is 7.25. The Morgan fingerprint density at radius 2 is 2.19 bits per heavy atom. The number of hydrogen-bond donors (Lipinski definition) is 2. The first-order valence-electron chi connectivity index (χ1n) is 5.39. The third-order valence-electron chi connectivity index (χ3n) is 2.12. The van der Waals surface area contributed by atoms with Gasteiger partial charge in [-0.05, 0) is 11.6 Å². The van der Waals surface area contributed by atoms with Gasteiger partial charge in [0.2, 0.25) is 0 Å². The van der Waals surface area contributed by atoms with Crippen LogP contribution >= 0.6 is 11.8 Å². The van der Waals surface area contributed by atoms with Gasteiger partial charge in [-0.2, -0.15) is 0 Å². The summed E-state index contributed by atoms with van der Waals surface area (Å²) in [5, 5.41) is 12.1. The van der Waals surface area contributed by atoms with Gasteiger partial charge in [-0.25, -0.2) is 0 Å². The van der Waals surface area contributed by atoms with Crippen molar-refractivity contribution < 1.29 is 9.84 Å². The molecule has 0 bridgehead atoms. The van der Waals surface area contributed by atoms with Crippen LogP contribution in [-0.4, -0.2) is 37.7 Å². The van der Waals surface area contributed by atoms with Crippen molar-refractivity contribution in [1.29, 1.82) is 0 Å². The average molecular weight is 241 g/mol. The van der Waals surface area contributed by atoms with Gasteiger partial charge in [-0.3, -0.25) is 0 Å².